The third kappa shape index (κ3) is 4.10. The number of H-pyrrole nitrogens is 1. The van der Waals surface area contributed by atoms with Crippen LogP contribution >= 0.6 is 23.8 Å². The number of anilines is 1. The molecule has 10 heteroatoms. The molecule has 1 amide bonds. The zero-order chi connectivity index (χ0) is 20.4. The third-order valence-electron chi connectivity index (χ3n) is 4.28. The minimum absolute atomic E-state index is 0.0154. The van der Waals surface area contributed by atoms with E-state index < -0.39 is 0 Å². The van der Waals surface area contributed by atoms with Gasteiger partial charge in [0.1, 0.15) is 12.9 Å². The molecule has 29 heavy (non-hydrogen) atoms. The fourth-order valence-corrected chi connectivity index (χ4v) is 3.23. The van der Waals surface area contributed by atoms with Crippen LogP contribution in [0.1, 0.15) is 0 Å². The van der Waals surface area contributed by atoms with E-state index in [-0.39, 0.29) is 12.5 Å². The number of rotatable bonds is 5. The lowest BCUT2D eigenvalue weighted by atomic mass is 10.2. The quantitative estimate of drug-likeness (QED) is 0.475. The second-order valence-electron chi connectivity index (χ2n) is 6.34. The van der Waals surface area contributed by atoms with Crippen LogP contribution in [0.15, 0.2) is 54.9 Å². The van der Waals surface area contributed by atoms with Gasteiger partial charge in [-0.05, 0) is 48.6 Å². The average molecular weight is 426 g/mol. The molecule has 0 bridgehead atoms. The van der Waals surface area contributed by atoms with Gasteiger partial charge in [-0.2, -0.15) is 5.10 Å². The molecule has 4 aromatic rings. The number of carbonyl (C=O) groups excluding carboxylic acids is 1. The molecular weight excluding hydrogens is 410 g/mol. The highest BCUT2D eigenvalue weighted by Gasteiger charge is 2.13. The summed E-state index contributed by atoms with van der Waals surface area (Å²) in [5, 5.41) is 18.5. The molecule has 0 saturated carbocycles. The Labute approximate surface area is 176 Å². The normalized spacial score (nSPS) is 10.8. The minimum Gasteiger partial charge on any atom is -0.325 e. The van der Waals surface area contributed by atoms with Gasteiger partial charge in [0.15, 0.2) is 16.4 Å². The number of halogens is 1. The van der Waals surface area contributed by atoms with Gasteiger partial charge in [-0.25, -0.2) is 0 Å². The number of aromatic amines is 1. The number of benzene rings is 2. The standard InChI is InChI=1S/C19H16ClN7OS/c1-26-11-21-23-17(26)13-3-2-4-15(9-13)22-16(28)10-27-18(24-25-19(27)29)12-5-7-14(20)8-6-12/h2-9,11H,10H2,1H3,(H,22,28)(H,25,29). The maximum absolute atomic E-state index is 12.7. The first kappa shape index (κ1) is 19.0. The van der Waals surface area contributed by atoms with E-state index in [0.29, 0.717) is 27.1 Å². The predicted octanol–water partition coefficient (Wildman–Crippen LogP) is 3.70. The summed E-state index contributed by atoms with van der Waals surface area (Å²) in [6.45, 7) is 0.0154. The molecule has 4 rings (SSSR count). The summed E-state index contributed by atoms with van der Waals surface area (Å²) >= 11 is 11.2. The highest BCUT2D eigenvalue weighted by Crippen LogP contribution is 2.22. The van der Waals surface area contributed by atoms with Crippen molar-refractivity contribution in [2.75, 3.05) is 5.32 Å². The number of aromatic nitrogens is 6. The van der Waals surface area contributed by atoms with E-state index in [2.05, 4.69) is 25.7 Å². The van der Waals surface area contributed by atoms with E-state index in [1.807, 2.05) is 48.0 Å². The van der Waals surface area contributed by atoms with Crippen LogP contribution in [0.3, 0.4) is 0 Å². The largest absolute Gasteiger partial charge is 0.325 e. The Hall–Kier alpha value is -3.30. The molecule has 2 heterocycles. The number of nitrogens with one attached hydrogen (secondary N) is 2. The van der Waals surface area contributed by atoms with E-state index in [0.717, 1.165) is 11.1 Å². The van der Waals surface area contributed by atoms with Gasteiger partial charge < -0.3 is 9.88 Å². The lowest BCUT2D eigenvalue weighted by molar-refractivity contribution is -0.116. The lowest BCUT2D eigenvalue weighted by Crippen LogP contribution is -2.19. The van der Waals surface area contributed by atoms with Crippen LogP contribution in [0.2, 0.25) is 5.02 Å². The predicted molar refractivity (Wildman–Crippen MR) is 113 cm³/mol. The molecule has 0 spiro atoms. The molecule has 0 aliphatic carbocycles. The highest BCUT2D eigenvalue weighted by atomic mass is 35.5. The highest BCUT2D eigenvalue weighted by molar-refractivity contribution is 7.71. The summed E-state index contributed by atoms with van der Waals surface area (Å²) in [5.74, 6) is 1.05. The van der Waals surface area contributed by atoms with E-state index in [1.54, 1.807) is 23.0 Å². The number of hydrogen-bond acceptors (Lipinski definition) is 5. The minimum atomic E-state index is -0.229. The third-order valence-corrected chi connectivity index (χ3v) is 4.84. The monoisotopic (exact) mass is 425 g/mol. The van der Waals surface area contributed by atoms with Crippen molar-refractivity contribution in [2.45, 2.75) is 6.54 Å². The van der Waals surface area contributed by atoms with Crippen LogP contribution in [0, 0.1) is 4.77 Å². The molecule has 2 aromatic carbocycles. The van der Waals surface area contributed by atoms with Crippen molar-refractivity contribution in [2.24, 2.45) is 7.05 Å². The summed E-state index contributed by atoms with van der Waals surface area (Å²) in [4.78, 5) is 12.7. The average Bonchev–Trinajstić information content (AvgIpc) is 3.29. The van der Waals surface area contributed by atoms with Crippen LogP contribution < -0.4 is 5.32 Å². The molecule has 0 radical (unpaired) electrons. The molecule has 0 aliphatic heterocycles. The number of aryl methyl sites for hydroxylation is 1. The molecule has 146 valence electrons. The Morgan fingerprint density at radius 2 is 1.97 bits per heavy atom. The second-order valence-corrected chi connectivity index (χ2v) is 7.16. The van der Waals surface area contributed by atoms with Gasteiger partial charge >= 0.3 is 0 Å². The summed E-state index contributed by atoms with van der Waals surface area (Å²) in [7, 11) is 1.86. The Kier molecular flexibility index (Phi) is 5.24. The van der Waals surface area contributed by atoms with E-state index in [4.69, 9.17) is 23.8 Å². The fourth-order valence-electron chi connectivity index (χ4n) is 2.91. The van der Waals surface area contributed by atoms with Crippen molar-refractivity contribution in [3.05, 3.63) is 64.7 Å². The van der Waals surface area contributed by atoms with Crippen LogP contribution in [-0.4, -0.2) is 35.4 Å². The number of amides is 1. The summed E-state index contributed by atoms with van der Waals surface area (Å²) in [6.07, 6.45) is 1.62. The molecule has 0 aliphatic rings. The molecule has 0 fully saturated rings. The molecule has 2 N–H and O–H groups in total. The first-order valence-corrected chi connectivity index (χ1v) is 9.45. The molecule has 0 atom stereocenters. The Morgan fingerprint density at radius 1 is 1.17 bits per heavy atom. The molecular formula is C19H16ClN7OS. The van der Waals surface area contributed by atoms with Crippen molar-refractivity contribution >= 4 is 35.4 Å². The number of carbonyl (C=O) groups is 1. The number of hydrogen-bond donors (Lipinski definition) is 2. The van der Waals surface area contributed by atoms with Crippen molar-refractivity contribution in [3.8, 4) is 22.8 Å². The fraction of sp³-hybridized carbons (Fsp3) is 0.105. The zero-order valence-corrected chi connectivity index (χ0v) is 16.9. The van der Waals surface area contributed by atoms with Crippen molar-refractivity contribution in [1.82, 2.24) is 29.5 Å². The smallest absolute Gasteiger partial charge is 0.244 e. The maximum atomic E-state index is 12.7. The van der Waals surface area contributed by atoms with Crippen molar-refractivity contribution in [1.29, 1.82) is 0 Å². The summed E-state index contributed by atoms with van der Waals surface area (Å²) in [6, 6.07) is 14.6. The maximum Gasteiger partial charge on any atom is 0.244 e. The van der Waals surface area contributed by atoms with Gasteiger partial charge in [-0.15, -0.1) is 10.2 Å². The summed E-state index contributed by atoms with van der Waals surface area (Å²) in [5.41, 5.74) is 2.31. The summed E-state index contributed by atoms with van der Waals surface area (Å²) < 4.78 is 3.81. The van der Waals surface area contributed by atoms with Crippen LogP contribution in [0.4, 0.5) is 5.69 Å². The van der Waals surface area contributed by atoms with Gasteiger partial charge in [-0.1, -0.05) is 23.7 Å². The molecule has 2 aromatic heterocycles. The topological polar surface area (TPSA) is 93.4 Å². The first-order valence-electron chi connectivity index (χ1n) is 8.66. The Balaban J connectivity index is 1.54. The van der Waals surface area contributed by atoms with E-state index >= 15 is 0 Å². The van der Waals surface area contributed by atoms with E-state index in [1.165, 1.54) is 0 Å². The van der Waals surface area contributed by atoms with Crippen molar-refractivity contribution < 1.29 is 4.79 Å². The second kappa shape index (κ2) is 7.98. The van der Waals surface area contributed by atoms with Gasteiger partial charge in [0.25, 0.3) is 0 Å². The van der Waals surface area contributed by atoms with Crippen LogP contribution in [-0.2, 0) is 18.4 Å². The van der Waals surface area contributed by atoms with Gasteiger partial charge in [0.05, 0.1) is 0 Å². The SMILES string of the molecule is Cn1cnnc1-c1cccc(NC(=O)Cn2c(-c3ccc(Cl)cc3)n[nH]c2=S)c1. The first-order chi connectivity index (χ1) is 14.0. The number of nitrogens with zero attached hydrogens (tertiary/aromatic N) is 5. The van der Waals surface area contributed by atoms with Gasteiger partial charge in [-0.3, -0.25) is 14.5 Å². The van der Waals surface area contributed by atoms with Gasteiger partial charge in [0.2, 0.25) is 5.91 Å². The van der Waals surface area contributed by atoms with Crippen LogP contribution in [0.5, 0.6) is 0 Å². The lowest BCUT2D eigenvalue weighted by Gasteiger charge is -2.09. The van der Waals surface area contributed by atoms with Gasteiger partial charge in [0, 0.05) is 28.9 Å². The Morgan fingerprint density at radius 3 is 2.69 bits per heavy atom. The Bertz CT molecular complexity index is 1230. The molecule has 8 nitrogen and oxygen atoms in total. The van der Waals surface area contributed by atoms with Crippen molar-refractivity contribution in [3.63, 3.8) is 0 Å². The van der Waals surface area contributed by atoms with E-state index in [9.17, 15) is 4.79 Å². The molecule has 0 unspecified atom stereocenters. The molecule has 0 saturated heterocycles. The van der Waals surface area contributed by atoms with Crippen LogP contribution in [0.25, 0.3) is 22.8 Å². The zero-order valence-electron chi connectivity index (χ0n) is 15.3.